The first-order valence-corrected chi connectivity index (χ1v) is 4.17. The van der Waals surface area contributed by atoms with Crippen LogP contribution in [0.5, 0.6) is 0 Å². The zero-order valence-corrected chi connectivity index (χ0v) is 7.82. The minimum Gasteiger partial charge on any atom is -0.462 e. The molecule has 11 heavy (non-hydrogen) atoms. The van der Waals surface area contributed by atoms with Crippen LogP contribution < -0.4 is 0 Å². The number of aliphatic hydroxyl groups excluding tert-OH is 1. The SMILES string of the molecule is CCOC(=O)C(=S)C(O)CS. The van der Waals surface area contributed by atoms with E-state index >= 15 is 0 Å². The molecule has 0 aliphatic heterocycles. The largest absolute Gasteiger partial charge is 0.462 e. The predicted molar refractivity (Wildman–Crippen MR) is 49.1 cm³/mol. The summed E-state index contributed by atoms with van der Waals surface area (Å²) in [6.45, 7) is 1.94. The average Bonchev–Trinajstić information content (AvgIpc) is 2.02. The third kappa shape index (κ3) is 3.69. The highest BCUT2D eigenvalue weighted by molar-refractivity contribution is 7.82. The topological polar surface area (TPSA) is 46.5 Å². The molecule has 0 aromatic carbocycles. The zero-order chi connectivity index (χ0) is 8.85. The lowest BCUT2D eigenvalue weighted by atomic mass is 10.3. The standard InChI is InChI=1S/C6H10O3S2/c1-2-9-6(8)5(11)4(7)3-10/h4,7,10H,2-3H2,1H3. The Morgan fingerprint density at radius 1 is 1.82 bits per heavy atom. The van der Waals surface area contributed by atoms with Crippen molar-refractivity contribution in [3.63, 3.8) is 0 Å². The lowest BCUT2D eigenvalue weighted by Gasteiger charge is -2.07. The summed E-state index contributed by atoms with van der Waals surface area (Å²) in [5.41, 5.74) is 0. The van der Waals surface area contributed by atoms with E-state index in [-0.39, 0.29) is 17.2 Å². The van der Waals surface area contributed by atoms with E-state index < -0.39 is 12.1 Å². The van der Waals surface area contributed by atoms with Crippen LogP contribution in [-0.4, -0.2) is 34.4 Å². The van der Waals surface area contributed by atoms with E-state index in [1.807, 2.05) is 0 Å². The van der Waals surface area contributed by atoms with Crippen molar-refractivity contribution in [3.05, 3.63) is 0 Å². The van der Waals surface area contributed by atoms with Crippen LogP contribution in [0.25, 0.3) is 0 Å². The number of thiocarbonyl (C=S) groups is 1. The molecule has 64 valence electrons. The van der Waals surface area contributed by atoms with E-state index in [0.29, 0.717) is 0 Å². The highest BCUT2D eigenvalue weighted by Gasteiger charge is 2.17. The molecule has 5 heteroatoms. The van der Waals surface area contributed by atoms with Crippen LogP contribution in [0, 0.1) is 0 Å². The van der Waals surface area contributed by atoms with Gasteiger partial charge in [-0.1, -0.05) is 12.2 Å². The van der Waals surface area contributed by atoms with Gasteiger partial charge in [-0.3, -0.25) is 0 Å². The molecule has 1 N–H and O–H groups in total. The Morgan fingerprint density at radius 2 is 2.36 bits per heavy atom. The van der Waals surface area contributed by atoms with Gasteiger partial charge < -0.3 is 9.84 Å². The van der Waals surface area contributed by atoms with Gasteiger partial charge in [0.1, 0.15) is 11.0 Å². The molecule has 0 saturated heterocycles. The summed E-state index contributed by atoms with van der Waals surface area (Å²) in [5, 5.41) is 9.01. The number of ether oxygens (including phenoxy) is 1. The summed E-state index contributed by atoms with van der Waals surface area (Å²) in [7, 11) is 0. The molecule has 0 aromatic rings. The fourth-order valence-electron chi connectivity index (χ4n) is 0.421. The smallest absolute Gasteiger partial charge is 0.347 e. The molecule has 0 spiro atoms. The number of carbonyl (C=O) groups is 1. The number of esters is 1. The second-order valence-corrected chi connectivity index (χ2v) is 2.59. The van der Waals surface area contributed by atoms with Gasteiger partial charge in [0.15, 0.2) is 0 Å². The van der Waals surface area contributed by atoms with E-state index in [9.17, 15) is 4.79 Å². The Kier molecular flexibility index (Phi) is 5.45. The molecule has 1 unspecified atom stereocenters. The van der Waals surface area contributed by atoms with Gasteiger partial charge in [0.05, 0.1) is 6.61 Å². The van der Waals surface area contributed by atoms with Crippen LogP contribution >= 0.6 is 24.8 Å². The highest BCUT2D eigenvalue weighted by Crippen LogP contribution is 1.95. The number of hydrogen-bond acceptors (Lipinski definition) is 5. The van der Waals surface area contributed by atoms with E-state index in [1.165, 1.54) is 0 Å². The average molecular weight is 194 g/mol. The molecule has 3 nitrogen and oxygen atoms in total. The quantitative estimate of drug-likeness (QED) is 0.381. The summed E-state index contributed by atoms with van der Waals surface area (Å²) >= 11 is 8.36. The van der Waals surface area contributed by atoms with Crippen LogP contribution in [0.1, 0.15) is 6.92 Å². The maximum Gasteiger partial charge on any atom is 0.347 e. The minimum atomic E-state index is -0.979. The highest BCUT2D eigenvalue weighted by atomic mass is 32.1. The van der Waals surface area contributed by atoms with Crippen LogP contribution in [0.3, 0.4) is 0 Å². The third-order valence-corrected chi connectivity index (χ3v) is 1.74. The Balaban J connectivity index is 3.92. The number of thiol groups is 1. The molecule has 0 amide bonds. The Morgan fingerprint density at radius 3 is 2.73 bits per heavy atom. The summed E-state index contributed by atoms with van der Waals surface area (Å²) in [5.74, 6) is -0.499. The molecule has 0 heterocycles. The van der Waals surface area contributed by atoms with Gasteiger partial charge in [0, 0.05) is 5.75 Å². The maximum atomic E-state index is 10.8. The first kappa shape index (κ1) is 10.9. The normalized spacial score (nSPS) is 12.3. The maximum absolute atomic E-state index is 10.8. The molecule has 0 radical (unpaired) electrons. The van der Waals surface area contributed by atoms with E-state index in [0.717, 1.165) is 0 Å². The lowest BCUT2D eigenvalue weighted by molar-refractivity contribution is -0.135. The fourth-order valence-corrected chi connectivity index (χ4v) is 0.870. The molecule has 0 rings (SSSR count). The van der Waals surface area contributed by atoms with Gasteiger partial charge >= 0.3 is 5.97 Å². The lowest BCUT2D eigenvalue weighted by Crippen LogP contribution is -2.29. The van der Waals surface area contributed by atoms with Gasteiger partial charge in [-0.25, -0.2) is 4.79 Å². The molecule has 0 saturated carbocycles. The van der Waals surface area contributed by atoms with Crippen LogP contribution in [0.4, 0.5) is 0 Å². The van der Waals surface area contributed by atoms with Crippen LogP contribution in [0.2, 0.25) is 0 Å². The minimum absolute atomic E-state index is 0.109. The van der Waals surface area contributed by atoms with Crippen molar-refractivity contribution in [3.8, 4) is 0 Å². The molecular weight excluding hydrogens is 184 g/mol. The van der Waals surface area contributed by atoms with E-state index in [4.69, 9.17) is 5.11 Å². The second-order valence-electron chi connectivity index (χ2n) is 1.78. The number of carbonyl (C=O) groups excluding carboxylic acids is 1. The monoisotopic (exact) mass is 194 g/mol. The van der Waals surface area contributed by atoms with Crippen LogP contribution in [-0.2, 0) is 9.53 Å². The van der Waals surface area contributed by atoms with Gasteiger partial charge in [-0.05, 0) is 6.92 Å². The number of hydrogen-bond donors (Lipinski definition) is 2. The number of aliphatic hydroxyl groups is 1. The summed E-state index contributed by atoms with van der Waals surface area (Å²) in [6.07, 6.45) is -0.979. The molecule has 0 bridgehead atoms. The first-order chi connectivity index (χ1) is 5.13. The van der Waals surface area contributed by atoms with Crippen molar-refractivity contribution in [2.75, 3.05) is 12.4 Å². The molecule has 0 aliphatic carbocycles. The van der Waals surface area contributed by atoms with Gasteiger partial charge in [0.25, 0.3) is 0 Å². The Bertz CT molecular complexity index is 158. The first-order valence-electron chi connectivity index (χ1n) is 3.13. The van der Waals surface area contributed by atoms with E-state index in [2.05, 4.69) is 29.6 Å². The fraction of sp³-hybridized carbons (Fsp3) is 0.667. The Hall–Kier alpha value is -0.130. The van der Waals surface area contributed by atoms with Crippen molar-refractivity contribution < 1.29 is 14.6 Å². The summed E-state index contributed by atoms with van der Waals surface area (Å²) < 4.78 is 4.55. The second kappa shape index (κ2) is 5.51. The molecule has 1 atom stereocenters. The van der Waals surface area contributed by atoms with Crippen molar-refractivity contribution in [1.82, 2.24) is 0 Å². The molecule has 0 aromatic heterocycles. The molecule has 0 aliphatic rings. The van der Waals surface area contributed by atoms with Crippen molar-refractivity contribution in [2.24, 2.45) is 0 Å². The van der Waals surface area contributed by atoms with Gasteiger partial charge in [0.2, 0.25) is 0 Å². The molecular formula is C6H10O3S2. The Labute approximate surface area is 76.1 Å². The number of rotatable bonds is 4. The van der Waals surface area contributed by atoms with Gasteiger partial charge in [-0.15, -0.1) is 0 Å². The predicted octanol–water partition coefficient (Wildman–Crippen LogP) is 0.210. The summed E-state index contributed by atoms with van der Waals surface area (Å²) in [4.78, 5) is 10.7. The van der Waals surface area contributed by atoms with Crippen molar-refractivity contribution in [2.45, 2.75) is 13.0 Å². The van der Waals surface area contributed by atoms with Crippen molar-refractivity contribution >= 4 is 35.7 Å². The molecule has 0 fully saturated rings. The van der Waals surface area contributed by atoms with E-state index in [1.54, 1.807) is 6.92 Å². The third-order valence-electron chi connectivity index (χ3n) is 0.952. The zero-order valence-electron chi connectivity index (χ0n) is 6.11. The summed E-state index contributed by atoms with van der Waals surface area (Å²) in [6, 6.07) is 0. The van der Waals surface area contributed by atoms with Gasteiger partial charge in [-0.2, -0.15) is 12.6 Å². The van der Waals surface area contributed by atoms with Crippen LogP contribution in [0.15, 0.2) is 0 Å². The van der Waals surface area contributed by atoms with Crippen molar-refractivity contribution in [1.29, 1.82) is 0 Å².